The molecule has 0 fully saturated rings. The van der Waals surface area contributed by atoms with E-state index in [9.17, 15) is 4.79 Å². The minimum absolute atomic E-state index is 0.178. The van der Waals surface area contributed by atoms with Gasteiger partial charge in [0.1, 0.15) is 5.75 Å². The van der Waals surface area contributed by atoms with E-state index >= 15 is 0 Å². The second-order valence-electron chi connectivity index (χ2n) is 5.81. The van der Waals surface area contributed by atoms with Gasteiger partial charge in [-0.25, -0.2) is 0 Å². The van der Waals surface area contributed by atoms with E-state index in [1.165, 1.54) is 5.56 Å². The van der Waals surface area contributed by atoms with Crippen LogP contribution in [0, 0.1) is 0 Å². The number of fused-ring (bicyclic) bond motifs is 1. The lowest BCUT2D eigenvalue weighted by Gasteiger charge is -2.18. The fraction of sp³-hybridized carbons (Fsp3) is 0.316. The SMILES string of the molecule is CCc1ccc2c(c1)CC(=O)N2CCCOc1cccc(N)c1. The number of ether oxygens (including phenoxy) is 1. The van der Waals surface area contributed by atoms with E-state index in [-0.39, 0.29) is 5.91 Å². The van der Waals surface area contributed by atoms with Crippen LogP contribution in [0.2, 0.25) is 0 Å². The molecule has 0 atom stereocenters. The Morgan fingerprint density at radius 2 is 2.09 bits per heavy atom. The number of hydrogen-bond acceptors (Lipinski definition) is 3. The zero-order valence-corrected chi connectivity index (χ0v) is 13.4. The van der Waals surface area contributed by atoms with Crippen molar-refractivity contribution < 1.29 is 9.53 Å². The highest BCUT2D eigenvalue weighted by Gasteiger charge is 2.26. The first-order chi connectivity index (χ1) is 11.2. The second-order valence-corrected chi connectivity index (χ2v) is 5.81. The predicted octanol–water partition coefficient (Wildman–Crippen LogP) is 3.19. The molecule has 0 unspecified atom stereocenters. The first-order valence-corrected chi connectivity index (χ1v) is 8.08. The van der Waals surface area contributed by atoms with Crippen molar-refractivity contribution in [2.75, 3.05) is 23.8 Å². The standard InChI is InChI=1S/C19H22N2O2/c1-2-14-7-8-18-15(11-14)12-19(22)21(18)9-4-10-23-17-6-3-5-16(20)13-17/h3,5-8,11,13H,2,4,9-10,12,20H2,1H3. The highest BCUT2D eigenvalue weighted by molar-refractivity contribution is 6.01. The van der Waals surface area contributed by atoms with Gasteiger partial charge < -0.3 is 15.4 Å². The fourth-order valence-electron chi connectivity index (χ4n) is 2.92. The Hall–Kier alpha value is -2.49. The second kappa shape index (κ2) is 6.73. The Morgan fingerprint density at radius 1 is 1.22 bits per heavy atom. The summed E-state index contributed by atoms with van der Waals surface area (Å²) in [6, 6.07) is 13.7. The third-order valence-corrected chi connectivity index (χ3v) is 4.14. The molecule has 1 amide bonds. The van der Waals surface area contributed by atoms with Gasteiger partial charge in [0.15, 0.2) is 0 Å². The molecule has 0 aliphatic carbocycles. The lowest BCUT2D eigenvalue weighted by Crippen LogP contribution is -2.28. The van der Waals surface area contributed by atoms with Crippen LogP contribution in [0.15, 0.2) is 42.5 Å². The predicted molar refractivity (Wildman–Crippen MR) is 92.8 cm³/mol. The molecule has 0 bridgehead atoms. The largest absolute Gasteiger partial charge is 0.493 e. The molecule has 2 aromatic carbocycles. The summed E-state index contributed by atoms with van der Waals surface area (Å²) < 4.78 is 5.69. The molecule has 2 N–H and O–H groups in total. The van der Waals surface area contributed by atoms with Crippen molar-refractivity contribution in [3.05, 3.63) is 53.6 Å². The highest BCUT2D eigenvalue weighted by atomic mass is 16.5. The molecule has 2 aromatic rings. The number of carbonyl (C=O) groups is 1. The molecule has 23 heavy (non-hydrogen) atoms. The van der Waals surface area contributed by atoms with Gasteiger partial charge in [0.05, 0.1) is 13.0 Å². The summed E-state index contributed by atoms with van der Waals surface area (Å²) in [7, 11) is 0. The smallest absolute Gasteiger partial charge is 0.231 e. The van der Waals surface area contributed by atoms with E-state index in [0.29, 0.717) is 25.3 Å². The molecular formula is C19H22N2O2. The third kappa shape index (κ3) is 3.47. The van der Waals surface area contributed by atoms with Crippen molar-refractivity contribution in [3.8, 4) is 5.75 Å². The zero-order valence-electron chi connectivity index (χ0n) is 13.4. The number of hydrogen-bond donors (Lipinski definition) is 1. The van der Waals surface area contributed by atoms with Crippen LogP contribution in [-0.2, 0) is 17.6 Å². The summed E-state index contributed by atoms with van der Waals surface area (Å²) in [6.45, 7) is 3.37. The molecule has 4 heteroatoms. The Bertz CT molecular complexity index is 712. The molecule has 1 aliphatic rings. The number of rotatable bonds is 6. The minimum Gasteiger partial charge on any atom is -0.493 e. The zero-order chi connectivity index (χ0) is 16.2. The van der Waals surface area contributed by atoms with E-state index in [4.69, 9.17) is 10.5 Å². The Balaban J connectivity index is 1.56. The number of benzene rings is 2. The Kier molecular flexibility index (Phi) is 4.51. The van der Waals surface area contributed by atoms with Crippen LogP contribution in [0.3, 0.4) is 0 Å². The first kappa shape index (κ1) is 15.4. The van der Waals surface area contributed by atoms with E-state index < -0.39 is 0 Å². The van der Waals surface area contributed by atoms with Crippen LogP contribution < -0.4 is 15.4 Å². The molecule has 120 valence electrons. The quantitative estimate of drug-likeness (QED) is 0.658. The number of carbonyl (C=O) groups excluding carboxylic acids is 1. The van der Waals surface area contributed by atoms with E-state index in [0.717, 1.165) is 29.8 Å². The number of nitrogen functional groups attached to an aromatic ring is 1. The van der Waals surface area contributed by atoms with Gasteiger partial charge in [-0.05, 0) is 42.2 Å². The summed E-state index contributed by atoms with van der Waals surface area (Å²) in [5.41, 5.74) is 9.89. The van der Waals surface area contributed by atoms with Gasteiger partial charge in [0, 0.05) is 24.0 Å². The van der Waals surface area contributed by atoms with Crippen LogP contribution in [0.1, 0.15) is 24.5 Å². The molecule has 0 radical (unpaired) electrons. The molecule has 0 aromatic heterocycles. The Labute approximate surface area is 136 Å². The molecule has 0 spiro atoms. The van der Waals surface area contributed by atoms with E-state index in [2.05, 4.69) is 25.1 Å². The molecular weight excluding hydrogens is 288 g/mol. The first-order valence-electron chi connectivity index (χ1n) is 8.08. The van der Waals surface area contributed by atoms with Crippen molar-refractivity contribution in [2.45, 2.75) is 26.2 Å². The lowest BCUT2D eigenvalue weighted by atomic mass is 10.1. The van der Waals surface area contributed by atoms with Crippen LogP contribution in [0.25, 0.3) is 0 Å². The summed E-state index contributed by atoms with van der Waals surface area (Å²) in [6.07, 6.45) is 2.30. The van der Waals surface area contributed by atoms with Crippen molar-refractivity contribution in [1.29, 1.82) is 0 Å². The number of anilines is 2. The minimum atomic E-state index is 0.178. The van der Waals surface area contributed by atoms with Gasteiger partial charge in [0.2, 0.25) is 5.91 Å². The molecule has 0 saturated heterocycles. The maximum absolute atomic E-state index is 12.2. The number of nitrogens with two attached hydrogens (primary N) is 1. The lowest BCUT2D eigenvalue weighted by molar-refractivity contribution is -0.117. The summed E-state index contributed by atoms with van der Waals surface area (Å²) in [5.74, 6) is 0.947. The monoisotopic (exact) mass is 310 g/mol. The van der Waals surface area contributed by atoms with Crippen molar-refractivity contribution in [1.82, 2.24) is 0 Å². The maximum atomic E-state index is 12.2. The van der Waals surface area contributed by atoms with Crippen LogP contribution in [0.4, 0.5) is 11.4 Å². The van der Waals surface area contributed by atoms with Gasteiger partial charge in [-0.1, -0.05) is 25.1 Å². The highest BCUT2D eigenvalue weighted by Crippen LogP contribution is 2.30. The van der Waals surface area contributed by atoms with Crippen molar-refractivity contribution in [3.63, 3.8) is 0 Å². The fourth-order valence-corrected chi connectivity index (χ4v) is 2.92. The third-order valence-electron chi connectivity index (χ3n) is 4.14. The van der Waals surface area contributed by atoms with Crippen LogP contribution in [-0.4, -0.2) is 19.1 Å². The molecule has 0 saturated carbocycles. The van der Waals surface area contributed by atoms with Crippen LogP contribution in [0.5, 0.6) is 5.75 Å². The van der Waals surface area contributed by atoms with Gasteiger partial charge in [-0.15, -0.1) is 0 Å². The van der Waals surface area contributed by atoms with Gasteiger partial charge >= 0.3 is 0 Å². The van der Waals surface area contributed by atoms with Crippen molar-refractivity contribution >= 4 is 17.3 Å². The molecule has 1 aliphatic heterocycles. The average molecular weight is 310 g/mol. The maximum Gasteiger partial charge on any atom is 0.231 e. The van der Waals surface area contributed by atoms with Gasteiger partial charge in [-0.3, -0.25) is 4.79 Å². The van der Waals surface area contributed by atoms with E-state index in [1.807, 2.05) is 29.2 Å². The normalized spacial score (nSPS) is 13.3. The summed E-state index contributed by atoms with van der Waals surface area (Å²) in [5, 5.41) is 0. The van der Waals surface area contributed by atoms with Gasteiger partial charge in [0.25, 0.3) is 0 Å². The van der Waals surface area contributed by atoms with Crippen molar-refractivity contribution in [2.24, 2.45) is 0 Å². The molecule has 3 rings (SSSR count). The topological polar surface area (TPSA) is 55.6 Å². The number of aryl methyl sites for hydroxylation is 1. The summed E-state index contributed by atoms with van der Waals surface area (Å²) >= 11 is 0. The van der Waals surface area contributed by atoms with Crippen LogP contribution >= 0.6 is 0 Å². The Morgan fingerprint density at radius 3 is 2.87 bits per heavy atom. The number of amides is 1. The summed E-state index contributed by atoms with van der Waals surface area (Å²) in [4.78, 5) is 14.1. The average Bonchev–Trinajstić information content (AvgIpc) is 2.86. The molecule has 1 heterocycles. The van der Waals surface area contributed by atoms with E-state index in [1.54, 1.807) is 0 Å². The van der Waals surface area contributed by atoms with Gasteiger partial charge in [-0.2, -0.15) is 0 Å². The number of nitrogens with zero attached hydrogens (tertiary/aromatic N) is 1. The molecule has 4 nitrogen and oxygen atoms in total.